The van der Waals surface area contributed by atoms with Crippen LogP contribution >= 0.6 is 0 Å². The van der Waals surface area contributed by atoms with E-state index in [4.69, 9.17) is 9.84 Å². The molecule has 3 heteroatoms. The molecule has 0 amide bonds. The summed E-state index contributed by atoms with van der Waals surface area (Å²) >= 11 is 0. The monoisotopic (exact) mass is 237 g/mol. The van der Waals surface area contributed by atoms with Crippen LogP contribution in [0.1, 0.15) is 38.8 Å². The maximum atomic E-state index is 9.12. The van der Waals surface area contributed by atoms with Crippen LogP contribution in [0.25, 0.3) is 0 Å². The third-order valence-electron chi connectivity index (χ3n) is 2.69. The van der Waals surface area contributed by atoms with Crippen molar-refractivity contribution in [2.45, 2.75) is 39.3 Å². The van der Waals surface area contributed by atoms with Gasteiger partial charge in [-0.15, -0.1) is 0 Å². The first-order chi connectivity index (χ1) is 8.13. The van der Waals surface area contributed by atoms with Gasteiger partial charge in [0.1, 0.15) is 5.75 Å². The fourth-order valence-corrected chi connectivity index (χ4v) is 1.62. The van der Waals surface area contributed by atoms with Crippen LogP contribution < -0.4 is 10.1 Å². The molecule has 96 valence electrons. The minimum Gasteiger partial charge on any atom is -0.493 e. The van der Waals surface area contributed by atoms with Crippen LogP contribution in [0.5, 0.6) is 5.75 Å². The fraction of sp³-hybridized carbons (Fsp3) is 0.571. The topological polar surface area (TPSA) is 41.5 Å². The van der Waals surface area contributed by atoms with E-state index in [0.29, 0.717) is 19.1 Å². The molecule has 0 aliphatic carbocycles. The Morgan fingerprint density at radius 3 is 2.41 bits per heavy atom. The van der Waals surface area contributed by atoms with E-state index in [1.165, 1.54) is 5.56 Å². The Morgan fingerprint density at radius 2 is 1.88 bits per heavy atom. The summed E-state index contributed by atoms with van der Waals surface area (Å²) in [6.45, 7) is 7.54. The van der Waals surface area contributed by atoms with Gasteiger partial charge in [0.05, 0.1) is 12.7 Å². The Morgan fingerprint density at radius 1 is 1.24 bits per heavy atom. The lowest BCUT2D eigenvalue weighted by Gasteiger charge is -2.13. The summed E-state index contributed by atoms with van der Waals surface area (Å²) < 4.78 is 5.53. The molecule has 1 aromatic carbocycles. The van der Waals surface area contributed by atoms with Gasteiger partial charge in [-0.3, -0.25) is 0 Å². The van der Waals surface area contributed by atoms with Gasteiger partial charge in [0.25, 0.3) is 0 Å². The predicted molar refractivity (Wildman–Crippen MR) is 70.3 cm³/mol. The van der Waals surface area contributed by atoms with Crippen molar-refractivity contribution in [3.63, 3.8) is 0 Å². The number of ether oxygens (including phenoxy) is 1. The summed E-state index contributed by atoms with van der Waals surface area (Å²) in [5.74, 6) is 0.859. The van der Waals surface area contributed by atoms with Crippen molar-refractivity contribution in [1.82, 2.24) is 5.32 Å². The molecule has 0 saturated heterocycles. The van der Waals surface area contributed by atoms with Crippen LogP contribution in [0.2, 0.25) is 0 Å². The smallest absolute Gasteiger partial charge is 0.119 e. The normalized spacial score (nSPS) is 14.4. The zero-order chi connectivity index (χ0) is 12.7. The second-order valence-corrected chi connectivity index (χ2v) is 4.33. The first-order valence-corrected chi connectivity index (χ1v) is 6.27. The maximum absolute atomic E-state index is 9.12. The Balaban J connectivity index is 2.44. The van der Waals surface area contributed by atoms with Crippen molar-refractivity contribution in [2.75, 3.05) is 13.2 Å². The van der Waals surface area contributed by atoms with Crippen LogP contribution in [0.3, 0.4) is 0 Å². The molecule has 0 fully saturated rings. The number of aliphatic hydroxyl groups is 1. The minimum atomic E-state index is -0.303. The van der Waals surface area contributed by atoms with Gasteiger partial charge in [-0.2, -0.15) is 0 Å². The highest BCUT2D eigenvalue weighted by Crippen LogP contribution is 2.17. The van der Waals surface area contributed by atoms with Gasteiger partial charge in [-0.25, -0.2) is 0 Å². The lowest BCUT2D eigenvalue weighted by atomic mass is 10.1. The molecule has 0 aliphatic rings. The highest BCUT2D eigenvalue weighted by molar-refractivity contribution is 5.28. The van der Waals surface area contributed by atoms with Crippen molar-refractivity contribution < 1.29 is 9.84 Å². The van der Waals surface area contributed by atoms with E-state index >= 15 is 0 Å². The molecule has 2 atom stereocenters. The quantitative estimate of drug-likeness (QED) is 0.765. The molecule has 0 heterocycles. The first kappa shape index (κ1) is 14.0. The van der Waals surface area contributed by atoms with Crippen LogP contribution in [0.4, 0.5) is 0 Å². The largest absolute Gasteiger partial charge is 0.493 e. The average Bonchev–Trinajstić information content (AvgIpc) is 2.30. The summed E-state index contributed by atoms with van der Waals surface area (Å²) in [4.78, 5) is 0. The average molecular weight is 237 g/mol. The van der Waals surface area contributed by atoms with E-state index in [2.05, 4.69) is 31.3 Å². The molecule has 0 bridgehead atoms. The Bertz CT molecular complexity index is 309. The maximum Gasteiger partial charge on any atom is 0.119 e. The summed E-state index contributed by atoms with van der Waals surface area (Å²) in [5.41, 5.74) is 1.26. The van der Waals surface area contributed by atoms with E-state index in [1.807, 2.05) is 12.1 Å². The van der Waals surface area contributed by atoms with Crippen molar-refractivity contribution >= 4 is 0 Å². The van der Waals surface area contributed by atoms with Crippen LogP contribution in [-0.4, -0.2) is 24.4 Å². The molecule has 2 unspecified atom stereocenters. The van der Waals surface area contributed by atoms with E-state index < -0.39 is 0 Å². The molecule has 2 N–H and O–H groups in total. The summed E-state index contributed by atoms with van der Waals surface area (Å²) in [7, 11) is 0. The van der Waals surface area contributed by atoms with Gasteiger partial charge < -0.3 is 15.2 Å². The molecule has 0 aliphatic heterocycles. The third kappa shape index (κ3) is 5.20. The fourth-order valence-electron chi connectivity index (χ4n) is 1.62. The second-order valence-electron chi connectivity index (χ2n) is 4.33. The molecule has 3 nitrogen and oxygen atoms in total. The summed E-state index contributed by atoms with van der Waals surface area (Å²) in [5, 5.41) is 12.5. The van der Waals surface area contributed by atoms with Crippen LogP contribution in [0.15, 0.2) is 24.3 Å². The third-order valence-corrected chi connectivity index (χ3v) is 2.69. The molecule has 1 aromatic rings. The van der Waals surface area contributed by atoms with Gasteiger partial charge in [-0.1, -0.05) is 19.1 Å². The number of nitrogens with one attached hydrogen (secondary N) is 1. The SMILES string of the molecule is CCNC(C)c1ccc(OCCC(C)O)cc1. The molecule has 0 aromatic heterocycles. The minimum absolute atomic E-state index is 0.303. The molecular weight excluding hydrogens is 214 g/mol. The lowest BCUT2D eigenvalue weighted by molar-refractivity contribution is 0.155. The van der Waals surface area contributed by atoms with Crippen molar-refractivity contribution in [3.05, 3.63) is 29.8 Å². The van der Waals surface area contributed by atoms with E-state index in [0.717, 1.165) is 12.3 Å². The first-order valence-electron chi connectivity index (χ1n) is 6.27. The number of rotatable bonds is 7. The van der Waals surface area contributed by atoms with E-state index in [-0.39, 0.29) is 6.10 Å². The van der Waals surface area contributed by atoms with E-state index in [9.17, 15) is 0 Å². The van der Waals surface area contributed by atoms with Crippen molar-refractivity contribution in [2.24, 2.45) is 0 Å². The van der Waals surface area contributed by atoms with Gasteiger partial charge in [0.2, 0.25) is 0 Å². The standard InChI is InChI=1S/C14H23NO2/c1-4-15-12(3)13-5-7-14(8-6-13)17-10-9-11(2)16/h5-8,11-12,15-16H,4,9-10H2,1-3H3. The zero-order valence-corrected chi connectivity index (χ0v) is 10.9. The van der Waals surface area contributed by atoms with E-state index in [1.54, 1.807) is 6.92 Å². The van der Waals surface area contributed by atoms with Crippen molar-refractivity contribution in [3.8, 4) is 5.75 Å². The number of hydrogen-bond donors (Lipinski definition) is 2. The zero-order valence-electron chi connectivity index (χ0n) is 10.9. The number of aliphatic hydroxyl groups excluding tert-OH is 1. The van der Waals surface area contributed by atoms with Crippen LogP contribution in [-0.2, 0) is 0 Å². The molecule has 0 spiro atoms. The Kier molecular flexibility index (Phi) is 6.01. The molecular formula is C14H23NO2. The van der Waals surface area contributed by atoms with Crippen molar-refractivity contribution in [1.29, 1.82) is 0 Å². The number of benzene rings is 1. The Hall–Kier alpha value is -1.06. The van der Waals surface area contributed by atoms with Crippen LogP contribution in [0, 0.1) is 0 Å². The predicted octanol–water partition coefficient (Wildman–Crippen LogP) is 2.51. The molecule has 17 heavy (non-hydrogen) atoms. The highest BCUT2D eigenvalue weighted by Gasteiger charge is 2.03. The Labute approximate surface area is 104 Å². The van der Waals surface area contributed by atoms with Gasteiger partial charge in [0, 0.05) is 12.5 Å². The molecule has 0 radical (unpaired) electrons. The molecule has 0 saturated carbocycles. The van der Waals surface area contributed by atoms with Gasteiger partial charge in [0.15, 0.2) is 0 Å². The summed E-state index contributed by atoms with van der Waals surface area (Å²) in [6, 6.07) is 8.47. The second kappa shape index (κ2) is 7.30. The highest BCUT2D eigenvalue weighted by atomic mass is 16.5. The number of hydrogen-bond acceptors (Lipinski definition) is 3. The lowest BCUT2D eigenvalue weighted by Crippen LogP contribution is -2.17. The molecule has 1 rings (SSSR count). The van der Waals surface area contributed by atoms with Gasteiger partial charge >= 0.3 is 0 Å². The summed E-state index contributed by atoms with van der Waals surface area (Å²) in [6.07, 6.45) is 0.360. The van der Waals surface area contributed by atoms with Gasteiger partial charge in [-0.05, 0) is 38.1 Å².